The molecule has 3 N–H and O–H groups in total. The number of carbonyl (C=O) groups excluding carboxylic acids is 1. The van der Waals surface area contributed by atoms with Gasteiger partial charge in [-0.05, 0) is 25.1 Å². The van der Waals surface area contributed by atoms with E-state index in [1.165, 1.54) is 12.3 Å². The summed E-state index contributed by atoms with van der Waals surface area (Å²) in [6.45, 7) is 4.49. The SMILES string of the molecule is CC1(c2ccc(F)cn2)NC(c2nnc(N[C@H]3N=C(c4ccccc4)c4ccccc4NC3=O)o2)=C(N2CCOCC2)S1. The van der Waals surface area contributed by atoms with Gasteiger partial charge in [-0.25, -0.2) is 9.38 Å². The van der Waals surface area contributed by atoms with Crippen molar-refractivity contribution in [2.45, 2.75) is 18.0 Å². The van der Waals surface area contributed by atoms with Crippen LogP contribution in [0.1, 0.15) is 29.6 Å². The van der Waals surface area contributed by atoms with Crippen molar-refractivity contribution in [2.24, 2.45) is 4.99 Å². The molecule has 2 aromatic carbocycles. The number of hydrogen-bond acceptors (Lipinski definition) is 11. The van der Waals surface area contributed by atoms with Gasteiger partial charge in [-0.3, -0.25) is 9.78 Å². The summed E-state index contributed by atoms with van der Waals surface area (Å²) in [6, 6.07) is 20.3. The van der Waals surface area contributed by atoms with E-state index in [0.29, 0.717) is 49.1 Å². The van der Waals surface area contributed by atoms with Crippen LogP contribution in [0.15, 0.2) is 87.4 Å². The molecule has 1 unspecified atom stereocenters. The van der Waals surface area contributed by atoms with Gasteiger partial charge in [0.05, 0.1) is 36.5 Å². The van der Waals surface area contributed by atoms with E-state index in [1.807, 2.05) is 61.5 Å². The van der Waals surface area contributed by atoms with E-state index in [9.17, 15) is 9.18 Å². The van der Waals surface area contributed by atoms with Crippen LogP contribution in [0.25, 0.3) is 5.70 Å². The molecule has 0 aliphatic carbocycles. The van der Waals surface area contributed by atoms with Crippen molar-refractivity contribution in [3.8, 4) is 0 Å². The molecule has 3 aliphatic heterocycles. The summed E-state index contributed by atoms with van der Waals surface area (Å²) in [5, 5.41) is 18.9. The van der Waals surface area contributed by atoms with Gasteiger partial charge in [-0.15, -0.1) is 5.10 Å². The van der Waals surface area contributed by atoms with Crippen molar-refractivity contribution in [2.75, 3.05) is 36.9 Å². The Morgan fingerprint density at radius 2 is 1.84 bits per heavy atom. The molecule has 0 radical (unpaired) electrons. The smallest absolute Gasteiger partial charge is 0.317 e. The second-order valence-corrected chi connectivity index (χ2v) is 11.6. The second kappa shape index (κ2) is 11.2. The number of carbonyl (C=O) groups is 1. The average molecular weight is 599 g/mol. The molecule has 1 amide bonds. The number of hydrogen-bond donors (Lipinski definition) is 3. The normalized spacial score (nSPS) is 21.9. The van der Waals surface area contributed by atoms with Crippen LogP contribution in [0.3, 0.4) is 0 Å². The Labute approximate surface area is 250 Å². The summed E-state index contributed by atoms with van der Waals surface area (Å²) in [6.07, 6.45) is 0.160. The number of ether oxygens (including phenoxy) is 1. The minimum absolute atomic E-state index is 0.0337. The zero-order valence-corrected chi connectivity index (χ0v) is 23.9. The number of benzene rings is 2. The van der Waals surface area contributed by atoms with E-state index in [-0.39, 0.29) is 17.8 Å². The van der Waals surface area contributed by atoms with E-state index in [4.69, 9.17) is 14.1 Å². The van der Waals surface area contributed by atoms with Gasteiger partial charge in [0.2, 0.25) is 6.17 Å². The number of morpholine rings is 1. The highest BCUT2D eigenvalue weighted by Gasteiger charge is 2.42. The molecule has 11 nitrogen and oxygen atoms in total. The molecule has 4 aromatic rings. The number of para-hydroxylation sites is 1. The first-order valence-corrected chi connectivity index (χ1v) is 14.6. The van der Waals surface area contributed by atoms with E-state index >= 15 is 0 Å². The number of rotatable bonds is 6. The third-order valence-corrected chi connectivity index (χ3v) is 8.66. The number of fused-ring (bicyclic) bond motifs is 1. The van der Waals surface area contributed by atoms with Crippen molar-refractivity contribution < 1.29 is 18.3 Å². The molecule has 2 aromatic heterocycles. The van der Waals surface area contributed by atoms with Gasteiger partial charge in [0, 0.05) is 24.2 Å². The van der Waals surface area contributed by atoms with Gasteiger partial charge in [0.25, 0.3) is 11.8 Å². The van der Waals surface area contributed by atoms with Crippen LogP contribution in [0, 0.1) is 5.82 Å². The van der Waals surface area contributed by atoms with Crippen LogP contribution in [0.2, 0.25) is 0 Å². The molecule has 7 rings (SSSR count). The first-order valence-electron chi connectivity index (χ1n) is 13.8. The van der Waals surface area contributed by atoms with E-state index < -0.39 is 16.9 Å². The fourth-order valence-corrected chi connectivity index (χ4v) is 6.47. The number of anilines is 2. The van der Waals surface area contributed by atoms with Crippen molar-refractivity contribution in [3.05, 3.63) is 106 Å². The topological polar surface area (TPSA) is 130 Å². The number of nitrogens with one attached hydrogen (secondary N) is 3. The van der Waals surface area contributed by atoms with E-state index in [2.05, 4.69) is 36.0 Å². The van der Waals surface area contributed by atoms with Crippen molar-refractivity contribution >= 4 is 40.8 Å². The van der Waals surface area contributed by atoms with Crippen molar-refractivity contribution in [1.29, 1.82) is 0 Å². The maximum atomic E-state index is 13.7. The van der Waals surface area contributed by atoms with Gasteiger partial charge < -0.3 is 30.0 Å². The Kier molecular flexibility index (Phi) is 7.03. The highest BCUT2D eigenvalue weighted by molar-refractivity contribution is 8.04. The van der Waals surface area contributed by atoms with Crippen LogP contribution in [-0.2, 0) is 14.4 Å². The van der Waals surface area contributed by atoms with Gasteiger partial charge in [-0.2, -0.15) is 0 Å². The Balaban J connectivity index is 1.21. The van der Waals surface area contributed by atoms with E-state index in [1.54, 1.807) is 17.8 Å². The summed E-state index contributed by atoms with van der Waals surface area (Å²) in [5.41, 5.74) is 4.25. The molecule has 43 heavy (non-hydrogen) atoms. The fraction of sp³-hybridized carbons (Fsp3) is 0.233. The quantitative estimate of drug-likeness (QED) is 0.300. The number of aromatic nitrogens is 3. The third kappa shape index (κ3) is 5.32. The molecule has 13 heteroatoms. The average Bonchev–Trinajstić information content (AvgIpc) is 3.62. The molecule has 0 bridgehead atoms. The Morgan fingerprint density at radius 1 is 1.05 bits per heavy atom. The molecule has 0 saturated carbocycles. The van der Waals surface area contributed by atoms with Crippen molar-refractivity contribution in [1.82, 2.24) is 25.4 Å². The predicted molar refractivity (Wildman–Crippen MR) is 160 cm³/mol. The number of pyridine rings is 1. The van der Waals surface area contributed by atoms with Gasteiger partial charge in [0.1, 0.15) is 21.4 Å². The summed E-state index contributed by atoms with van der Waals surface area (Å²) in [4.78, 5) is 23.9. The minimum Gasteiger partial charge on any atom is -0.402 e. The standard InChI is InChI=1S/C30H27FN8O3S/c1-30(22-12-11-19(31)17-32-22)36-24(28(43-30)39-13-15-41-16-14-39)27-37-38-29(42-27)35-25-26(40)33-21-10-6-5-9-20(21)23(34-25)18-7-3-2-4-8-18/h2-12,17,25,36H,13-16H2,1H3,(H,33,40)(H,35,38)/t25-,30?/m1/s1. The van der Waals surface area contributed by atoms with Gasteiger partial charge in [0.15, 0.2) is 0 Å². The molecule has 1 saturated heterocycles. The largest absolute Gasteiger partial charge is 0.402 e. The Hall–Kier alpha value is -4.75. The first kappa shape index (κ1) is 27.1. The number of thioether (sulfide) groups is 1. The maximum absolute atomic E-state index is 13.7. The highest BCUT2D eigenvalue weighted by atomic mass is 32.2. The molecule has 3 aliphatic rings. The van der Waals surface area contributed by atoms with E-state index in [0.717, 1.165) is 16.2 Å². The van der Waals surface area contributed by atoms with Crippen LogP contribution >= 0.6 is 11.8 Å². The lowest BCUT2D eigenvalue weighted by Crippen LogP contribution is -2.35. The number of amides is 1. The molecule has 218 valence electrons. The van der Waals surface area contributed by atoms with Crippen LogP contribution in [0.4, 0.5) is 16.1 Å². The number of halogens is 1. The molecule has 5 heterocycles. The lowest BCUT2D eigenvalue weighted by Gasteiger charge is -2.30. The zero-order valence-electron chi connectivity index (χ0n) is 23.1. The number of nitrogens with zero attached hydrogens (tertiary/aromatic N) is 5. The van der Waals surface area contributed by atoms with Crippen LogP contribution in [0.5, 0.6) is 0 Å². The summed E-state index contributed by atoms with van der Waals surface area (Å²) in [5.74, 6) is -0.545. The summed E-state index contributed by atoms with van der Waals surface area (Å²) in [7, 11) is 0. The molecule has 2 atom stereocenters. The first-order chi connectivity index (χ1) is 21.0. The minimum atomic E-state index is -1.04. The lowest BCUT2D eigenvalue weighted by atomic mass is 10.0. The summed E-state index contributed by atoms with van der Waals surface area (Å²) >= 11 is 1.54. The van der Waals surface area contributed by atoms with Crippen molar-refractivity contribution in [3.63, 3.8) is 0 Å². The number of benzodiazepines with no additional fused rings is 1. The number of aliphatic imine (C=N–C) groups is 1. The highest BCUT2D eigenvalue weighted by Crippen LogP contribution is 2.48. The molecule has 1 fully saturated rings. The molecular weight excluding hydrogens is 571 g/mol. The van der Waals surface area contributed by atoms with Crippen LogP contribution in [-0.4, -0.2) is 64.2 Å². The summed E-state index contributed by atoms with van der Waals surface area (Å²) < 4.78 is 25.3. The van der Waals surface area contributed by atoms with Gasteiger partial charge in [-0.1, -0.05) is 65.4 Å². The lowest BCUT2D eigenvalue weighted by molar-refractivity contribution is -0.116. The molecule has 0 spiro atoms. The monoisotopic (exact) mass is 598 g/mol. The molecular formula is C30H27FN8O3S. The predicted octanol–water partition coefficient (Wildman–Crippen LogP) is 4.00. The van der Waals surface area contributed by atoms with Crippen LogP contribution < -0.4 is 16.0 Å². The Morgan fingerprint density at radius 3 is 2.63 bits per heavy atom. The fourth-order valence-electron chi connectivity index (χ4n) is 5.15. The Bertz CT molecular complexity index is 1720. The third-order valence-electron chi connectivity index (χ3n) is 7.29. The maximum Gasteiger partial charge on any atom is 0.317 e. The van der Waals surface area contributed by atoms with Gasteiger partial charge >= 0.3 is 6.01 Å². The zero-order chi connectivity index (χ0) is 29.4. The second-order valence-electron chi connectivity index (χ2n) is 10.2.